The Bertz CT molecular complexity index is 2170. The van der Waals surface area contributed by atoms with Crippen LogP contribution in [0.1, 0.15) is 297 Å². The minimum atomic E-state index is -4.98. The molecule has 0 aromatic carbocycles. The van der Waals surface area contributed by atoms with E-state index in [0.717, 1.165) is 128 Å². The first-order chi connectivity index (χ1) is 45.7. The van der Waals surface area contributed by atoms with Crippen molar-refractivity contribution in [3.8, 4) is 0 Å². The van der Waals surface area contributed by atoms with E-state index < -0.39 is 97.5 Å². The molecule has 19 heteroatoms. The van der Waals surface area contributed by atoms with E-state index >= 15 is 0 Å². The second kappa shape index (κ2) is 67.5. The van der Waals surface area contributed by atoms with Crippen LogP contribution in [0.2, 0.25) is 0 Å². The summed E-state index contributed by atoms with van der Waals surface area (Å²) in [7, 11) is -9.95. The average Bonchev–Trinajstić information content (AvgIpc) is 1.35. The van der Waals surface area contributed by atoms with Gasteiger partial charge < -0.3 is 33.8 Å². The van der Waals surface area contributed by atoms with Crippen LogP contribution in [0.25, 0.3) is 0 Å². The third kappa shape index (κ3) is 66.6. The van der Waals surface area contributed by atoms with E-state index in [9.17, 15) is 43.2 Å². The van der Waals surface area contributed by atoms with Crippen LogP contribution in [-0.2, 0) is 65.4 Å². The van der Waals surface area contributed by atoms with Gasteiger partial charge in [-0.15, -0.1) is 0 Å². The Morgan fingerprint density at radius 1 is 0.309 bits per heavy atom. The number of phosphoric acid groups is 2. The molecule has 0 rings (SSSR count). The van der Waals surface area contributed by atoms with E-state index in [1.165, 1.54) is 89.9 Å². The molecule has 5 unspecified atom stereocenters. The Kier molecular flexibility index (Phi) is 64.7. The van der Waals surface area contributed by atoms with Crippen molar-refractivity contribution in [3.05, 3.63) is 97.2 Å². The van der Waals surface area contributed by atoms with Crippen molar-refractivity contribution in [1.82, 2.24) is 0 Å². The number of carbonyl (C=O) groups is 4. The smallest absolute Gasteiger partial charge is 0.462 e. The van der Waals surface area contributed by atoms with Crippen molar-refractivity contribution >= 4 is 39.5 Å². The lowest BCUT2D eigenvalue weighted by molar-refractivity contribution is -0.161. The monoisotopic (exact) mass is 1360 g/mol. The lowest BCUT2D eigenvalue weighted by atomic mass is 10.0. The van der Waals surface area contributed by atoms with Crippen molar-refractivity contribution in [2.75, 3.05) is 39.6 Å². The fourth-order valence-electron chi connectivity index (χ4n) is 9.55. The topological polar surface area (TPSA) is 237 Å². The van der Waals surface area contributed by atoms with Crippen molar-refractivity contribution < 1.29 is 80.2 Å². The number of aliphatic hydroxyl groups is 1. The van der Waals surface area contributed by atoms with Crippen LogP contribution in [0.3, 0.4) is 0 Å². The largest absolute Gasteiger partial charge is 0.472 e. The summed E-state index contributed by atoms with van der Waals surface area (Å²) in [6.07, 6.45) is 68.5. The maximum absolute atomic E-state index is 13.0. The lowest BCUT2D eigenvalue weighted by Crippen LogP contribution is -2.30. The molecular formula is C75H130O17P2. The number of hydrogen-bond acceptors (Lipinski definition) is 15. The van der Waals surface area contributed by atoms with Crippen molar-refractivity contribution in [2.45, 2.75) is 316 Å². The van der Waals surface area contributed by atoms with Gasteiger partial charge in [0.1, 0.15) is 19.3 Å². The number of phosphoric ester groups is 2. The first-order valence-electron chi connectivity index (χ1n) is 36.5. The SMILES string of the molecule is CC/C=C\C/C=C\C/C=C\C/C=C\CCCCC(=O)OCC(COP(=O)(O)OCC(O)COP(=O)(O)OCC(COC(=O)CCCC/C=C\C/C=C\C/C=C\C/C=C\CC)OC(=O)CCCCCCCCCCCCCCC)OC(=O)CCCCCCCCCCCCC. The molecule has 0 fully saturated rings. The molecule has 5 atom stereocenters. The van der Waals surface area contributed by atoms with Gasteiger partial charge in [0.2, 0.25) is 0 Å². The third-order valence-corrected chi connectivity index (χ3v) is 17.0. The molecule has 0 saturated carbocycles. The van der Waals surface area contributed by atoms with E-state index in [0.29, 0.717) is 25.7 Å². The molecule has 0 aliphatic carbocycles. The van der Waals surface area contributed by atoms with Crippen LogP contribution in [0.15, 0.2) is 97.2 Å². The Morgan fingerprint density at radius 2 is 0.553 bits per heavy atom. The highest BCUT2D eigenvalue weighted by Gasteiger charge is 2.30. The molecule has 0 aromatic rings. The summed E-state index contributed by atoms with van der Waals surface area (Å²) < 4.78 is 68.2. The minimum Gasteiger partial charge on any atom is -0.462 e. The van der Waals surface area contributed by atoms with Crippen LogP contribution >= 0.6 is 15.6 Å². The number of esters is 4. The molecule has 0 saturated heterocycles. The molecule has 0 heterocycles. The van der Waals surface area contributed by atoms with Gasteiger partial charge in [-0.25, -0.2) is 9.13 Å². The highest BCUT2D eigenvalue weighted by atomic mass is 31.2. The zero-order valence-corrected chi connectivity index (χ0v) is 60.7. The number of allylic oxidation sites excluding steroid dienone is 16. The van der Waals surface area contributed by atoms with Gasteiger partial charge in [-0.05, 0) is 103 Å². The molecule has 0 spiro atoms. The molecule has 94 heavy (non-hydrogen) atoms. The van der Waals surface area contributed by atoms with Crippen molar-refractivity contribution in [2.24, 2.45) is 0 Å². The highest BCUT2D eigenvalue weighted by molar-refractivity contribution is 7.47. The van der Waals surface area contributed by atoms with Crippen LogP contribution in [0.5, 0.6) is 0 Å². The Hall–Kier alpha value is -4.02. The van der Waals surface area contributed by atoms with Crippen molar-refractivity contribution in [1.29, 1.82) is 0 Å². The maximum atomic E-state index is 13.0. The predicted octanol–water partition coefficient (Wildman–Crippen LogP) is 20.4. The number of unbranched alkanes of at least 4 members (excludes halogenated alkanes) is 26. The van der Waals surface area contributed by atoms with Crippen LogP contribution in [0.4, 0.5) is 0 Å². The molecule has 0 aliphatic heterocycles. The van der Waals surface area contributed by atoms with Gasteiger partial charge in [0.15, 0.2) is 12.2 Å². The zero-order chi connectivity index (χ0) is 69.0. The fourth-order valence-corrected chi connectivity index (χ4v) is 11.1. The molecule has 0 bridgehead atoms. The molecule has 0 radical (unpaired) electrons. The van der Waals surface area contributed by atoms with Gasteiger partial charge in [0.25, 0.3) is 0 Å². The lowest BCUT2D eigenvalue weighted by Gasteiger charge is -2.21. The van der Waals surface area contributed by atoms with Gasteiger partial charge in [-0.2, -0.15) is 0 Å². The Balaban J connectivity index is 5.37. The van der Waals surface area contributed by atoms with Gasteiger partial charge in [-0.3, -0.25) is 37.3 Å². The second-order valence-electron chi connectivity index (χ2n) is 24.1. The van der Waals surface area contributed by atoms with E-state index in [1.54, 1.807) is 0 Å². The quantitative estimate of drug-likeness (QED) is 0.0169. The summed E-state index contributed by atoms with van der Waals surface area (Å²) in [5.74, 6) is -2.26. The summed E-state index contributed by atoms with van der Waals surface area (Å²) in [5, 5.41) is 10.6. The number of hydrogen-bond donors (Lipinski definition) is 3. The minimum absolute atomic E-state index is 0.0874. The fraction of sp³-hybridized carbons (Fsp3) is 0.733. The number of aliphatic hydroxyl groups excluding tert-OH is 1. The van der Waals surface area contributed by atoms with Crippen molar-refractivity contribution in [3.63, 3.8) is 0 Å². The first-order valence-corrected chi connectivity index (χ1v) is 39.5. The summed E-state index contributed by atoms with van der Waals surface area (Å²) in [5.41, 5.74) is 0. The van der Waals surface area contributed by atoms with Gasteiger partial charge >= 0.3 is 39.5 Å². The van der Waals surface area contributed by atoms with Crippen LogP contribution < -0.4 is 0 Å². The molecule has 0 aromatic heterocycles. The van der Waals surface area contributed by atoms with E-state index in [-0.39, 0.29) is 25.7 Å². The normalized spacial score (nSPS) is 14.6. The standard InChI is InChI=1S/C75H130O17P2/c1-5-9-13-17-21-25-29-32-34-37-40-43-47-51-55-59-72(77)85-65-70(91-74(79)61-57-53-49-45-39-28-24-20-16-12-8-4)67-89-93(81,82)87-63-69(76)64-88-94(83,84)90-68-71(92-75(80)62-58-54-50-46-42-36-31-27-23-19-15-11-7-3)66-86-73(78)60-56-52-48-44-41-38-35-33-30-26-22-18-14-10-6-2/h9-10,13-14,21-22,25-26,32-35,40-41,43-44,69-71,76H,5-8,11-12,15-20,23-24,27-31,36-39,42,45-68H2,1-4H3,(H,81,82)(H,83,84)/b13-9-,14-10-,25-21-,26-22-,34-32-,35-33-,43-40-,44-41-. The van der Waals surface area contributed by atoms with Gasteiger partial charge in [0.05, 0.1) is 26.4 Å². The van der Waals surface area contributed by atoms with Crippen LogP contribution in [0, 0.1) is 0 Å². The van der Waals surface area contributed by atoms with Crippen LogP contribution in [-0.4, -0.2) is 96.7 Å². The Morgan fingerprint density at radius 3 is 0.851 bits per heavy atom. The molecule has 0 aliphatic rings. The second-order valence-corrected chi connectivity index (χ2v) is 27.0. The van der Waals surface area contributed by atoms with E-state index in [2.05, 4.69) is 125 Å². The highest BCUT2D eigenvalue weighted by Crippen LogP contribution is 2.45. The molecule has 3 N–H and O–H groups in total. The summed E-state index contributed by atoms with van der Waals surface area (Å²) in [6.45, 7) is 4.55. The van der Waals surface area contributed by atoms with E-state index in [1.807, 2.05) is 0 Å². The summed E-state index contributed by atoms with van der Waals surface area (Å²) in [6, 6.07) is 0. The van der Waals surface area contributed by atoms with E-state index in [4.69, 9.17) is 37.0 Å². The molecule has 542 valence electrons. The van der Waals surface area contributed by atoms with Gasteiger partial charge in [-0.1, -0.05) is 266 Å². The Labute approximate surface area is 569 Å². The molecule has 0 amide bonds. The molecule has 17 nitrogen and oxygen atoms in total. The number of carbonyl (C=O) groups excluding carboxylic acids is 4. The molecular weight excluding hydrogens is 1230 g/mol. The number of rotatable bonds is 68. The average molecular weight is 1370 g/mol. The predicted molar refractivity (Wildman–Crippen MR) is 381 cm³/mol. The summed E-state index contributed by atoms with van der Waals surface area (Å²) in [4.78, 5) is 72.6. The zero-order valence-electron chi connectivity index (χ0n) is 58.9. The third-order valence-electron chi connectivity index (χ3n) is 15.1. The van der Waals surface area contributed by atoms with Gasteiger partial charge in [0, 0.05) is 25.7 Å². The first kappa shape index (κ1) is 90.0. The maximum Gasteiger partial charge on any atom is 0.472 e. The summed E-state index contributed by atoms with van der Waals surface area (Å²) >= 11 is 0. The number of ether oxygens (including phenoxy) is 4.